The second-order valence-electron chi connectivity index (χ2n) is 8.97. The second-order valence-corrected chi connectivity index (χ2v) is 8.97. The molecule has 0 N–H and O–H groups in total. The number of nitrogens with zero attached hydrogens (tertiary/aromatic N) is 4. The molecule has 37 heavy (non-hydrogen) atoms. The molecule has 4 heteroatoms. The third-order valence-corrected chi connectivity index (χ3v) is 6.64. The van der Waals surface area contributed by atoms with Gasteiger partial charge in [-0.25, -0.2) is 14.5 Å². The molecule has 174 valence electrons. The van der Waals surface area contributed by atoms with Crippen molar-refractivity contribution < 1.29 is 0 Å². The predicted molar refractivity (Wildman–Crippen MR) is 150 cm³/mol. The van der Waals surface area contributed by atoms with Gasteiger partial charge < -0.3 is 0 Å². The van der Waals surface area contributed by atoms with Crippen LogP contribution in [0.25, 0.3) is 61.6 Å². The van der Waals surface area contributed by atoms with E-state index in [9.17, 15) is 0 Å². The van der Waals surface area contributed by atoms with Crippen LogP contribution in [0, 0.1) is 0 Å². The summed E-state index contributed by atoms with van der Waals surface area (Å²) < 4.78 is 2.02. The molecule has 0 radical (unpaired) electrons. The van der Waals surface area contributed by atoms with Gasteiger partial charge in [-0.15, -0.1) is 0 Å². The van der Waals surface area contributed by atoms with Crippen LogP contribution in [-0.2, 0) is 0 Å². The summed E-state index contributed by atoms with van der Waals surface area (Å²) in [7, 11) is 0. The fraction of sp³-hybridized carbons (Fsp3) is 0. The highest BCUT2D eigenvalue weighted by Crippen LogP contribution is 2.37. The number of rotatable bonds is 4. The van der Waals surface area contributed by atoms with E-state index in [0.29, 0.717) is 5.82 Å². The van der Waals surface area contributed by atoms with Gasteiger partial charge in [0.1, 0.15) is 5.69 Å². The highest BCUT2D eigenvalue weighted by Gasteiger charge is 2.21. The van der Waals surface area contributed by atoms with Gasteiger partial charge in [0.25, 0.3) is 0 Å². The average Bonchev–Trinajstić information content (AvgIpc) is 3.39. The number of aromatic nitrogens is 4. The summed E-state index contributed by atoms with van der Waals surface area (Å²) in [6, 6.07) is 45.5. The normalized spacial score (nSPS) is 11.2. The molecule has 0 aliphatic rings. The molecule has 0 unspecified atom stereocenters. The van der Waals surface area contributed by atoms with Crippen molar-refractivity contribution in [2.45, 2.75) is 0 Å². The minimum Gasteiger partial charge on any atom is -0.232 e. The fourth-order valence-corrected chi connectivity index (χ4v) is 4.85. The van der Waals surface area contributed by atoms with Crippen molar-refractivity contribution in [3.63, 3.8) is 0 Å². The summed E-state index contributed by atoms with van der Waals surface area (Å²) in [6.07, 6.45) is 0. The van der Waals surface area contributed by atoms with E-state index in [2.05, 4.69) is 72.8 Å². The van der Waals surface area contributed by atoms with Crippen LogP contribution in [0.2, 0.25) is 0 Å². The Labute approximate surface area is 214 Å². The Morgan fingerprint density at radius 2 is 1.00 bits per heavy atom. The molecule has 0 atom stereocenters. The van der Waals surface area contributed by atoms with E-state index < -0.39 is 0 Å². The molecule has 0 saturated heterocycles. The maximum absolute atomic E-state index is 5.13. The Morgan fingerprint density at radius 1 is 0.459 bits per heavy atom. The summed E-state index contributed by atoms with van der Waals surface area (Å²) >= 11 is 0. The Hall–Kier alpha value is -5.09. The Kier molecular flexibility index (Phi) is 5.07. The highest BCUT2D eigenvalue weighted by molar-refractivity contribution is 5.94. The molecular weight excluding hydrogens is 452 g/mol. The number of para-hydroxylation sites is 1. The van der Waals surface area contributed by atoms with Crippen LogP contribution in [0.1, 0.15) is 0 Å². The molecule has 3 heterocycles. The van der Waals surface area contributed by atoms with Gasteiger partial charge in [0.2, 0.25) is 0 Å². The summed E-state index contributed by atoms with van der Waals surface area (Å²) in [5, 5.41) is 6.26. The topological polar surface area (TPSA) is 43.1 Å². The largest absolute Gasteiger partial charge is 0.232 e. The molecule has 0 aliphatic heterocycles. The first-order valence-electron chi connectivity index (χ1n) is 12.3. The van der Waals surface area contributed by atoms with Gasteiger partial charge in [-0.2, -0.15) is 5.10 Å². The van der Waals surface area contributed by atoms with E-state index in [1.165, 1.54) is 0 Å². The zero-order valence-electron chi connectivity index (χ0n) is 20.0. The van der Waals surface area contributed by atoms with E-state index in [1.807, 2.05) is 65.2 Å². The minimum atomic E-state index is 0.657. The van der Waals surface area contributed by atoms with Gasteiger partial charge in [0, 0.05) is 22.1 Å². The lowest BCUT2D eigenvalue weighted by Crippen LogP contribution is -1.97. The van der Waals surface area contributed by atoms with Crippen molar-refractivity contribution >= 4 is 16.4 Å². The SMILES string of the molecule is c1ccc(-c2cc(-c3ccccc3)nc(-c3c(-c4ccccc4)nn4c3ccc3ccccc34)n2)cc1. The zero-order valence-corrected chi connectivity index (χ0v) is 20.0. The molecule has 4 aromatic carbocycles. The smallest absolute Gasteiger partial charge is 0.164 e. The van der Waals surface area contributed by atoms with Gasteiger partial charge in [-0.1, -0.05) is 115 Å². The first-order valence-corrected chi connectivity index (χ1v) is 12.3. The first-order chi connectivity index (χ1) is 18.3. The van der Waals surface area contributed by atoms with Crippen LogP contribution in [0.5, 0.6) is 0 Å². The monoisotopic (exact) mass is 474 g/mol. The van der Waals surface area contributed by atoms with E-state index in [-0.39, 0.29) is 0 Å². The highest BCUT2D eigenvalue weighted by atomic mass is 15.2. The molecule has 3 aromatic heterocycles. The fourth-order valence-electron chi connectivity index (χ4n) is 4.85. The third kappa shape index (κ3) is 3.76. The molecule has 0 amide bonds. The maximum Gasteiger partial charge on any atom is 0.164 e. The molecule has 0 aliphatic carbocycles. The molecular formula is C33H22N4. The molecule has 0 spiro atoms. The van der Waals surface area contributed by atoms with Gasteiger partial charge in [-0.3, -0.25) is 0 Å². The van der Waals surface area contributed by atoms with E-state index in [0.717, 1.165) is 55.8 Å². The molecule has 0 fully saturated rings. The number of hydrogen-bond acceptors (Lipinski definition) is 3. The Morgan fingerprint density at radius 3 is 1.62 bits per heavy atom. The second kappa shape index (κ2) is 8.85. The van der Waals surface area contributed by atoms with Crippen LogP contribution in [-0.4, -0.2) is 19.6 Å². The van der Waals surface area contributed by atoms with E-state index in [1.54, 1.807) is 0 Å². The van der Waals surface area contributed by atoms with Crippen molar-refractivity contribution in [3.8, 4) is 45.2 Å². The zero-order chi connectivity index (χ0) is 24.6. The van der Waals surface area contributed by atoms with Gasteiger partial charge >= 0.3 is 0 Å². The van der Waals surface area contributed by atoms with Gasteiger partial charge in [-0.05, 0) is 18.2 Å². The number of fused-ring (bicyclic) bond motifs is 3. The molecule has 7 aromatic rings. The number of hydrogen-bond donors (Lipinski definition) is 0. The summed E-state index contributed by atoms with van der Waals surface area (Å²) in [4.78, 5) is 10.2. The van der Waals surface area contributed by atoms with Crippen LogP contribution < -0.4 is 0 Å². The van der Waals surface area contributed by atoms with Crippen molar-refractivity contribution in [2.75, 3.05) is 0 Å². The molecule has 7 rings (SSSR count). The summed E-state index contributed by atoms with van der Waals surface area (Å²) in [5.41, 5.74) is 8.69. The predicted octanol–water partition coefficient (Wildman–Crippen LogP) is 7.95. The van der Waals surface area contributed by atoms with Crippen molar-refractivity contribution in [1.29, 1.82) is 0 Å². The van der Waals surface area contributed by atoms with Gasteiger partial charge in [0.05, 0.1) is 28.0 Å². The first kappa shape index (κ1) is 21.2. The van der Waals surface area contributed by atoms with Crippen LogP contribution in [0.4, 0.5) is 0 Å². The van der Waals surface area contributed by atoms with Crippen molar-refractivity contribution in [1.82, 2.24) is 19.6 Å². The maximum atomic E-state index is 5.13. The molecule has 4 nitrogen and oxygen atoms in total. The summed E-state index contributed by atoms with van der Waals surface area (Å²) in [6.45, 7) is 0. The third-order valence-electron chi connectivity index (χ3n) is 6.64. The summed E-state index contributed by atoms with van der Waals surface area (Å²) in [5.74, 6) is 0.657. The number of pyridine rings is 1. The van der Waals surface area contributed by atoms with E-state index in [4.69, 9.17) is 15.1 Å². The lowest BCUT2D eigenvalue weighted by atomic mass is 10.0. The van der Waals surface area contributed by atoms with Gasteiger partial charge in [0.15, 0.2) is 5.82 Å². The van der Waals surface area contributed by atoms with E-state index >= 15 is 0 Å². The van der Waals surface area contributed by atoms with Crippen LogP contribution in [0.3, 0.4) is 0 Å². The lowest BCUT2D eigenvalue weighted by molar-refractivity contribution is 1.01. The van der Waals surface area contributed by atoms with Crippen LogP contribution in [0.15, 0.2) is 133 Å². The number of benzene rings is 4. The average molecular weight is 475 g/mol. The standard InChI is InChI=1S/C33H22N4/c1-4-12-23(13-5-1)27-22-28(24-14-6-2-7-15-24)35-33(34-27)31-30-21-20-25-16-10-11-19-29(25)37(30)36-32(31)26-17-8-3-9-18-26/h1-22H. The van der Waals surface area contributed by atoms with Crippen LogP contribution >= 0.6 is 0 Å². The molecule has 0 saturated carbocycles. The molecule has 0 bridgehead atoms. The van der Waals surface area contributed by atoms with Crippen molar-refractivity contribution in [2.24, 2.45) is 0 Å². The quantitative estimate of drug-likeness (QED) is 0.260. The minimum absolute atomic E-state index is 0.657. The lowest BCUT2D eigenvalue weighted by Gasteiger charge is -2.10. The Balaban J connectivity index is 1.57. The Bertz CT molecular complexity index is 1800. The van der Waals surface area contributed by atoms with Crippen molar-refractivity contribution in [3.05, 3.63) is 133 Å².